The monoisotopic (exact) mass is 507 g/mol. The number of hydrogen-bond acceptors (Lipinski definition) is 7. The summed E-state index contributed by atoms with van der Waals surface area (Å²) >= 11 is 0. The van der Waals surface area contributed by atoms with E-state index in [0.29, 0.717) is 27.6 Å². The first kappa shape index (κ1) is 25.3. The second-order valence-electron chi connectivity index (χ2n) is 8.70. The number of ether oxygens (including phenoxy) is 1. The van der Waals surface area contributed by atoms with Crippen LogP contribution < -0.4 is 10.1 Å². The summed E-state index contributed by atoms with van der Waals surface area (Å²) in [5, 5.41) is 3.57. The third kappa shape index (κ3) is 5.25. The van der Waals surface area contributed by atoms with E-state index in [1.807, 2.05) is 7.05 Å². The van der Waals surface area contributed by atoms with E-state index < -0.39 is 34.6 Å². The number of benzene rings is 1. The van der Waals surface area contributed by atoms with Gasteiger partial charge in [-0.1, -0.05) is 18.2 Å². The van der Waals surface area contributed by atoms with E-state index in [-0.39, 0.29) is 16.7 Å². The van der Waals surface area contributed by atoms with E-state index >= 15 is 0 Å². The van der Waals surface area contributed by atoms with Gasteiger partial charge in [0.25, 0.3) is 6.43 Å². The Balaban J connectivity index is 1.74. The van der Waals surface area contributed by atoms with E-state index in [4.69, 9.17) is 4.74 Å². The first-order valence-corrected chi connectivity index (χ1v) is 12.6. The number of nitrogens with one attached hydrogen (secondary N) is 1. The zero-order valence-electron chi connectivity index (χ0n) is 20.0. The fraction of sp³-hybridized carbons (Fsp3) is 0.458. The summed E-state index contributed by atoms with van der Waals surface area (Å²) in [5.74, 6) is 0.0374. The van der Waals surface area contributed by atoms with Gasteiger partial charge in [0, 0.05) is 10.8 Å². The molecule has 7 nitrogen and oxygen atoms in total. The van der Waals surface area contributed by atoms with E-state index in [1.165, 1.54) is 19.2 Å². The standard InChI is InChI=1S/C24H28F3N5O2S/c1-13(16-6-5-7-17(20(16)25)21(26)27)28-22-18-12-19(35(33)15-8-10-32(3)11-9-15)24(34-4)31-23(18)30-14(2)29-22/h5-7,12-13,15,21H,8-11H2,1-4H3,(H,28,29,30,31)/t13-,35?/m1/s1. The van der Waals surface area contributed by atoms with Gasteiger partial charge in [-0.05, 0) is 52.9 Å². The number of anilines is 1. The lowest BCUT2D eigenvalue weighted by Crippen LogP contribution is -2.35. The second kappa shape index (κ2) is 10.4. The highest BCUT2D eigenvalue weighted by Crippen LogP contribution is 2.34. The molecule has 1 unspecified atom stereocenters. The van der Waals surface area contributed by atoms with Crippen LogP contribution in [0, 0.1) is 12.7 Å². The molecule has 1 aromatic carbocycles. The second-order valence-corrected chi connectivity index (χ2v) is 10.4. The summed E-state index contributed by atoms with van der Waals surface area (Å²) in [5.41, 5.74) is -0.235. The van der Waals surface area contributed by atoms with Crippen LogP contribution in [0.15, 0.2) is 29.2 Å². The summed E-state index contributed by atoms with van der Waals surface area (Å²) < 4.78 is 60.1. The van der Waals surface area contributed by atoms with Gasteiger partial charge >= 0.3 is 0 Å². The number of likely N-dealkylation sites (tertiary alicyclic amines) is 1. The van der Waals surface area contributed by atoms with Crippen molar-refractivity contribution in [3.05, 3.63) is 47.0 Å². The number of hydrogen-bond donors (Lipinski definition) is 1. The SMILES string of the molecule is COc1nc2nc(C)nc(N[C@H](C)c3cccc(C(F)F)c3F)c2cc1S(=O)C1CCN(C)CC1. The molecule has 0 saturated carbocycles. The van der Waals surface area contributed by atoms with Crippen LogP contribution in [0.2, 0.25) is 0 Å². The van der Waals surface area contributed by atoms with E-state index in [1.54, 1.807) is 19.9 Å². The van der Waals surface area contributed by atoms with Crippen LogP contribution in [-0.4, -0.2) is 56.6 Å². The summed E-state index contributed by atoms with van der Waals surface area (Å²) in [4.78, 5) is 16.0. The molecule has 35 heavy (non-hydrogen) atoms. The molecule has 4 rings (SSSR count). The molecule has 0 radical (unpaired) electrons. The molecule has 188 valence electrons. The van der Waals surface area contributed by atoms with Crippen LogP contribution in [0.5, 0.6) is 5.88 Å². The summed E-state index contributed by atoms with van der Waals surface area (Å²) in [6.07, 6.45) is -1.34. The van der Waals surface area contributed by atoms with Crippen molar-refractivity contribution in [2.45, 2.75) is 49.3 Å². The quantitative estimate of drug-likeness (QED) is 0.492. The van der Waals surface area contributed by atoms with Crippen molar-refractivity contribution in [3.8, 4) is 5.88 Å². The smallest absolute Gasteiger partial charge is 0.266 e. The van der Waals surface area contributed by atoms with Gasteiger partial charge in [-0.2, -0.15) is 4.98 Å². The molecule has 1 fully saturated rings. The van der Waals surface area contributed by atoms with Crippen molar-refractivity contribution in [1.82, 2.24) is 19.9 Å². The van der Waals surface area contributed by atoms with Crippen LogP contribution in [-0.2, 0) is 10.8 Å². The zero-order chi connectivity index (χ0) is 25.3. The fourth-order valence-corrected chi connectivity index (χ4v) is 5.79. The Morgan fingerprint density at radius 3 is 2.51 bits per heavy atom. The van der Waals surface area contributed by atoms with Gasteiger partial charge in [0.05, 0.1) is 34.9 Å². The Kier molecular flexibility index (Phi) is 7.56. The molecule has 2 aromatic heterocycles. The summed E-state index contributed by atoms with van der Waals surface area (Å²) in [7, 11) is 2.14. The zero-order valence-corrected chi connectivity index (χ0v) is 20.8. The molecular weight excluding hydrogens is 479 g/mol. The lowest BCUT2D eigenvalue weighted by atomic mass is 10.0. The van der Waals surface area contributed by atoms with E-state index in [9.17, 15) is 17.4 Å². The number of halogens is 3. The third-order valence-electron chi connectivity index (χ3n) is 6.22. The molecule has 11 heteroatoms. The van der Waals surface area contributed by atoms with Crippen molar-refractivity contribution < 1.29 is 22.1 Å². The van der Waals surface area contributed by atoms with E-state index in [2.05, 4.69) is 25.2 Å². The highest BCUT2D eigenvalue weighted by Gasteiger charge is 2.27. The van der Waals surface area contributed by atoms with Gasteiger partial charge < -0.3 is 15.0 Å². The maximum Gasteiger partial charge on any atom is 0.266 e. The molecule has 1 saturated heterocycles. The highest BCUT2D eigenvalue weighted by molar-refractivity contribution is 7.85. The maximum atomic E-state index is 14.7. The number of alkyl halides is 2. The Labute approximate surface area is 204 Å². The van der Waals surface area contributed by atoms with Crippen molar-refractivity contribution in [2.24, 2.45) is 0 Å². The topological polar surface area (TPSA) is 80.2 Å². The number of nitrogens with zero attached hydrogens (tertiary/aromatic N) is 4. The van der Waals surface area contributed by atoms with Crippen molar-refractivity contribution in [3.63, 3.8) is 0 Å². The van der Waals surface area contributed by atoms with Crippen LogP contribution in [0.3, 0.4) is 0 Å². The number of aryl methyl sites for hydroxylation is 1. The number of methoxy groups -OCH3 is 1. The number of fused-ring (bicyclic) bond motifs is 1. The first-order chi connectivity index (χ1) is 16.7. The Hall–Kier alpha value is -2.79. The number of pyridine rings is 1. The summed E-state index contributed by atoms with van der Waals surface area (Å²) in [6.45, 7) is 5.06. The predicted molar refractivity (Wildman–Crippen MR) is 129 cm³/mol. The normalized spacial score (nSPS) is 17.0. The number of rotatable bonds is 7. The summed E-state index contributed by atoms with van der Waals surface area (Å²) in [6, 6.07) is 4.95. The molecule has 1 N–H and O–H groups in total. The largest absolute Gasteiger partial charge is 0.480 e. The van der Waals surface area contributed by atoms with Crippen LogP contribution >= 0.6 is 0 Å². The fourth-order valence-electron chi connectivity index (χ4n) is 4.26. The van der Waals surface area contributed by atoms with Crippen molar-refractivity contribution in [1.29, 1.82) is 0 Å². The number of aromatic nitrogens is 3. The third-order valence-corrected chi connectivity index (χ3v) is 8.03. The average molecular weight is 508 g/mol. The predicted octanol–water partition coefficient (Wildman–Crippen LogP) is 4.79. The molecule has 1 aliphatic heterocycles. The molecule has 0 aliphatic carbocycles. The molecule has 1 aliphatic rings. The molecule has 0 amide bonds. The van der Waals surface area contributed by atoms with Gasteiger partial charge in [-0.15, -0.1) is 0 Å². The van der Waals surface area contributed by atoms with Gasteiger partial charge in [0.1, 0.15) is 22.4 Å². The number of piperidine rings is 1. The van der Waals surface area contributed by atoms with Crippen LogP contribution in [0.1, 0.15) is 49.2 Å². The maximum absolute atomic E-state index is 14.7. The molecule has 0 spiro atoms. The molecule has 3 heterocycles. The molecule has 3 aromatic rings. The Morgan fingerprint density at radius 2 is 1.86 bits per heavy atom. The van der Waals surface area contributed by atoms with Gasteiger partial charge in [-0.25, -0.2) is 23.1 Å². The van der Waals surface area contributed by atoms with Crippen molar-refractivity contribution >= 4 is 27.7 Å². The lowest BCUT2D eigenvalue weighted by molar-refractivity contribution is 0.146. The first-order valence-electron chi connectivity index (χ1n) is 11.3. The average Bonchev–Trinajstić information content (AvgIpc) is 2.83. The minimum Gasteiger partial charge on any atom is -0.480 e. The Morgan fingerprint density at radius 1 is 1.17 bits per heavy atom. The van der Waals surface area contributed by atoms with Gasteiger partial charge in [0.2, 0.25) is 5.88 Å². The van der Waals surface area contributed by atoms with Crippen molar-refractivity contribution in [2.75, 3.05) is 32.6 Å². The molecule has 2 atom stereocenters. The van der Waals surface area contributed by atoms with E-state index in [0.717, 1.165) is 32.0 Å². The van der Waals surface area contributed by atoms with Crippen LogP contribution in [0.25, 0.3) is 11.0 Å². The minimum atomic E-state index is -2.92. The lowest BCUT2D eigenvalue weighted by Gasteiger charge is -2.28. The van der Waals surface area contributed by atoms with Crippen LogP contribution in [0.4, 0.5) is 19.0 Å². The van der Waals surface area contributed by atoms with Gasteiger partial charge in [-0.3, -0.25) is 4.21 Å². The Bertz CT molecular complexity index is 1250. The minimum absolute atomic E-state index is 0.0350. The molecule has 0 bridgehead atoms. The molecular formula is C24H28F3N5O2S. The van der Waals surface area contributed by atoms with Gasteiger partial charge in [0.15, 0.2) is 5.65 Å². The highest BCUT2D eigenvalue weighted by atomic mass is 32.2.